The van der Waals surface area contributed by atoms with Gasteiger partial charge in [-0.15, -0.1) is 0 Å². The molecule has 1 aromatic rings. The first-order chi connectivity index (χ1) is 12.5. The highest BCUT2D eigenvalue weighted by Gasteiger charge is 2.30. The van der Waals surface area contributed by atoms with Crippen LogP contribution in [0, 0.1) is 11.8 Å². The van der Waals surface area contributed by atoms with E-state index in [-0.39, 0.29) is 27.4 Å². The molecular weight excluding hydrogens is 390 g/mol. The van der Waals surface area contributed by atoms with E-state index < -0.39 is 21.9 Å². The number of hydrogen-bond donors (Lipinski definition) is 1. The second kappa shape index (κ2) is 8.61. The molecule has 0 aromatic heterocycles. The summed E-state index contributed by atoms with van der Waals surface area (Å²) in [6.07, 6.45) is 3.12. The van der Waals surface area contributed by atoms with Gasteiger partial charge in [-0.1, -0.05) is 38.3 Å². The SMILES string of the molecule is C[C@@H]1[C@H](C)CCC[C@@H]1NC(=O)[C@@H](C)OC(=O)c1cc(S(C)(=O)=O)ccc1Cl. The number of hydrogen-bond acceptors (Lipinski definition) is 5. The molecule has 1 N–H and O–H groups in total. The molecule has 1 saturated carbocycles. The van der Waals surface area contributed by atoms with Gasteiger partial charge in [0.2, 0.25) is 0 Å². The van der Waals surface area contributed by atoms with Gasteiger partial charge in [-0.2, -0.15) is 0 Å². The van der Waals surface area contributed by atoms with Crippen LogP contribution in [0.5, 0.6) is 0 Å². The summed E-state index contributed by atoms with van der Waals surface area (Å²) in [7, 11) is -3.50. The van der Waals surface area contributed by atoms with E-state index in [1.54, 1.807) is 0 Å². The Morgan fingerprint density at radius 2 is 1.93 bits per heavy atom. The number of nitrogens with one attached hydrogen (secondary N) is 1. The lowest BCUT2D eigenvalue weighted by atomic mass is 9.78. The van der Waals surface area contributed by atoms with E-state index >= 15 is 0 Å². The van der Waals surface area contributed by atoms with E-state index in [1.165, 1.54) is 19.1 Å². The first kappa shape index (κ1) is 21.7. The first-order valence-electron chi connectivity index (χ1n) is 9.01. The Labute approximate surface area is 165 Å². The highest BCUT2D eigenvalue weighted by molar-refractivity contribution is 7.90. The maximum Gasteiger partial charge on any atom is 0.340 e. The fourth-order valence-corrected chi connectivity index (χ4v) is 4.10. The average molecular weight is 416 g/mol. The topological polar surface area (TPSA) is 89.5 Å². The molecule has 0 bridgehead atoms. The molecule has 0 radical (unpaired) electrons. The summed E-state index contributed by atoms with van der Waals surface area (Å²) < 4.78 is 28.6. The molecule has 2 rings (SSSR count). The first-order valence-corrected chi connectivity index (χ1v) is 11.3. The van der Waals surface area contributed by atoms with Gasteiger partial charge < -0.3 is 10.1 Å². The van der Waals surface area contributed by atoms with Crippen molar-refractivity contribution < 1.29 is 22.7 Å². The maximum absolute atomic E-state index is 12.4. The molecule has 0 aliphatic heterocycles. The summed E-state index contributed by atoms with van der Waals surface area (Å²) in [5.74, 6) is -0.325. The molecule has 1 aliphatic rings. The van der Waals surface area contributed by atoms with E-state index in [9.17, 15) is 18.0 Å². The van der Waals surface area contributed by atoms with Crippen molar-refractivity contribution in [2.24, 2.45) is 11.8 Å². The quantitative estimate of drug-likeness (QED) is 0.745. The molecular formula is C19H26ClNO5S. The smallest absolute Gasteiger partial charge is 0.340 e. The van der Waals surface area contributed by atoms with Gasteiger partial charge in [0.1, 0.15) is 0 Å². The summed E-state index contributed by atoms with van der Waals surface area (Å²) in [5.41, 5.74) is -0.0844. The normalized spacial score (nSPS) is 24.1. The lowest BCUT2D eigenvalue weighted by Crippen LogP contribution is -2.47. The molecule has 8 heteroatoms. The Hall–Kier alpha value is -1.60. The standard InChI is InChI=1S/C19H26ClNO5S/c1-11-6-5-7-17(12(11)2)21-18(22)13(3)26-19(23)15-10-14(27(4,24)25)8-9-16(15)20/h8-13,17H,5-7H2,1-4H3,(H,21,22)/t11-,12-,13-,17+/m1/s1. The molecule has 0 saturated heterocycles. The molecule has 150 valence electrons. The predicted octanol–water partition coefficient (Wildman–Crippen LogP) is 3.23. The van der Waals surface area contributed by atoms with Crippen molar-refractivity contribution >= 4 is 33.3 Å². The molecule has 4 atom stereocenters. The van der Waals surface area contributed by atoms with Crippen molar-refractivity contribution in [3.63, 3.8) is 0 Å². The van der Waals surface area contributed by atoms with Crippen LogP contribution in [-0.2, 0) is 19.4 Å². The summed E-state index contributed by atoms with van der Waals surface area (Å²) >= 11 is 6.00. The minimum atomic E-state index is -3.50. The minimum absolute atomic E-state index is 0.0408. The second-order valence-electron chi connectivity index (χ2n) is 7.34. The van der Waals surface area contributed by atoms with Crippen LogP contribution < -0.4 is 5.32 Å². The molecule has 0 spiro atoms. The number of halogens is 1. The van der Waals surface area contributed by atoms with Crippen molar-refractivity contribution in [3.05, 3.63) is 28.8 Å². The number of esters is 1. The molecule has 6 nitrogen and oxygen atoms in total. The third-order valence-corrected chi connectivity index (χ3v) is 6.71. The van der Waals surface area contributed by atoms with E-state index in [4.69, 9.17) is 16.3 Å². The highest BCUT2D eigenvalue weighted by Crippen LogP contribution is 2.29. The Bertz CT molecular complexity index is 823. The molecule has 1 aromatic carbocycles. The van der Waals surface area contributed by atoms with Crippen molar-refractivity contribution in [2.45, 2.75) is 57.1 Å². The number of carbonyl (C=O) groups excluding carboxylic acids is 2. The number of ether oxygens (including phenoxy) is 1. The van der Waals surface area contributed by atoms with Crippen LogP contribution in [0.2, 0.25) is 5.02 Å². The van der Waals surface area contributed by atoms with Crippen LogP contribution in [-0.4, -0.2) is 38.7 Å². The van der Waals surface area contributed by atoms with E-state index in [1.807, 2.05) is 0 Å². The third-order valence-electron chi connectivity index (χ3n) is 5.27. The van der Waals surface area contributed by atoms with Crippen molar-refractivity contribution in [2.75, 3.05) is 6.26 Å². The number of benzene rings is 1. The van der Waals surface area contributed by atoms with Gasteiger partial charge in [0.25, 0.3) is 5.91 Å². The summed E-state index contributed by atoms with van der Waals surface area (Å²) in [6.45, 7) is 5.77. The molecule has 1 fully saturated rings. The number of sulfone groups is 1. The fourth-order valence-electron chi connectivity index (χ4n) is 3.25. The van der Waals surface area contributed by atoms with Crippen molar-refractivity contribution in [3.8, 4) is 0 Å². The molecule has 27 heavy (non-hydrogen) atoms. The van der Waals surface area contributed by atoms with E-state index in [2.05, 4.69) is 19.2 Å². The predicted molar refractivity (Wildman–Crippen MR) is 104 cm³/mol. The Morgan fingerprint density at radius 3 is 2.56 bits per heavy atom. The zero-order valence-electron chi connectivity index (χ0n) is 16.0. The average Bonchev–Trinajstić information content (AvgIpc) is 2.58. The molecule has 1 aliphatic carbocycles. The largest absolute Gasteiger partial charge is 0.449 e. The molecule has 0 heterocycles. The lowest BCUT2D eigenvalue weighted by molar-refractivity contribution is -0.130. The monoisotopic (exact) mass is 415 g/mol. The number of amides is 1. The highest BCUT2D eigenvalue weighted by atomic mass is 35.5. The van der Waals surface area contributed by atoms with E-state index in [0.717, 1.165) is 31.6 Å². The van der Waals surface area contributed by atoms with E-state index in [0.29, 0.717) is 11.8 Å². The van der Waals surface area contributed by atoms with Gasteiger partial charge in [0.15, 0.2) is 15.9 Å². The summed E-state index contributed by atoms with van der Waals surface area (Å²) in [6, 6.07) is 3.86. The number of carbonyl (C=O) groups is 2. The van der Waals surface area contributed by atoms with Crippen LogP contribution in [0.1, 0.15) is 50.4 Å². The summed E-state index contributed by atoms with van der Waals surface area (Å²) in [5, 5.41) is 3.03. The van der Waals surface area contributed by atoms with Crippen LogP contribution in [0.25, 0.3) is 0 Å². The van der Waals surface area contributed by atoms with Gasteiger partial charge in [-0.05, 0) is 43.4 Å². The van der Waals surface area contributed by atoms with Crippen LogP contribution in [0.3, 0.4) is 0 Å². The molecule has 0 unspecified atom stereocenters. The van der Waals surface area contributed by atoms with Gasteiger partial charge in [-0.25, -0.2) is 13.2 Å². The maximum atomic E-state index is 12.4. The second-order valence-corrected chi connectivity index (χ2v) is 9.77. The number of rotatable bonds is 5. The van der Waals surface area contributed by atoms with Crippen LogP contribution in [0.4, 0.5) is 0 Å². The Balaban J connectivity index is 2.06. The fraction of sp³-hybridized carbons (Fsp3) is 0.579. The van der Waals surface area contributed by atoms with Crippen molar-refractivity contribution in [1.29, 1.82) is 0 Å². The summed E-state index contributed by atoms with van der Waals surface area (Å²) in [4.78, 5) is 24.8. The van der Waals surface area contributed by atoms with Crippen LogP contribution in [0.15, 0.2) is 23.1 Å². The van der Waals surface area contributed by atoms with Crippen LogP contribution >= 0.6 is 11.6 Å². The Morgan fingerprint density at radius 1 is 1.26 bits per heavy atom. The lowest BCUT2D eigenvalue weighted by Gasteiger charge is -2.35. The van der Waals surface area contributed by atoms with Gasteiger partial charge >= 0.3 is 5.97 Å². The van der Waals surface area contributed by atoms with Crippen molar-refractivity contribution in [1.82, 2.24) is 5.32 Å². The Kier molecular flexibility index (Phi) is 6.92. The molecule has 1 amide bonds. The van der Waals surface area contributed by atoms with Gasteiger partial charge in [0.05, 0.1) is 15.5 Å². The minimum Gasteiger partial charge on any atom is -0.449 e. The third kappa shape index (κ3) is 5.45. The zero-order valence-corrected chi connectivity index (χ0v) is 17.6. The van der Waals surface area contributed by atoms with Gasteiger partial charge in [-0.3, -0.25) is 4.79 Å². The zero-order chi connectivity index (χ0) is 20.4. The van der Waals surface area contributed by atoms with Gasteiger partial charge in [0, 0.05) is 12.3 Å².